The molecule has 0 aromatic heterocycles. The van der Waals surface area contributed by atoms with E-state index in [0.717, 1.165) is 19.3 Å². The van der Waals surface area contributed by atoms with E-state index in [1.165, 1.54) is 0 Å². The van der Waals surface area contributed by atoms with Gasteiger partial charge in [0.1, 0.15) is 5.60 Å². The van der Waals surface area contributed by atoms with Gasteiger partial charge in [-0.25, -0.2) is 0 Å². The van der Waals surface area contributed by atoms with Gasteiger partial charge < -0.3 is 5.11 Å². The van der Waals surface area contributed by atoms with Crippen molar-refractivity contribution in [3.8, 4) is 11.8 Å². The van der Waals surface area contributed by atoms with E-state index in [2.05, 4.69) is 18.8 Å². The summed E-state index contributed by atoms with van der Waals surface area (Å²) in [5.74, 6) is 5.97. The fraction of sp³-hybridized carbons (Fsp3) is 0.833. The number of hydrogen-bond acceptors (Lipinski definition) is 1. The lowest BCUT2D eigenvalue weighted by atomic mass is 9.78. The molecule has 1 heteroatoms. The molecule has 0 radical (unpaired) electrons. The van der Waals surface area contributed by atoms with Crippen molar-refractivity contribution >= 4 is 0 Å². The molecule has 0 heterocycles. The zero-order chi connectivity index (χ0) is 10.5. The standard InChI is InChI=1S/C12H22O/c1-6-7-8-9-10-12(5,13)11(2,3)4/h13H,6-8H2,1-5H3/t12-/m1/s1. The first-order chi connectivity index (χ1) is 5.81. The minimum Gasteiger partial charge on any atom is -0.377 e. The summed E-state index contributed by atoms with van der Waals surface area (Å²) in [6.45, 7) is 9.93. The molecule has 76 valence electrons. The Morgan fingerprint density at radius 1 is 1.15 bits per heavy atom. The second kappa shape index (κ2) is 4.67. The monoisotopic (exact) mass is 182 g/mol. The molecule has 0 aliphatic rings. The van der Waals surface area contributed by atoms with Gasteiger partial charge in [-0.15, -0.1) is 5.92 Å². The molecule has 1 atom stereocenters. The van der Waals surface area contributed by atoms with Crippen LogP contribution in [0.2, 0.25) is 0 Å². The summed E-state index contributed by atoms with van der Waals surface area (Å²) in [6, 6.07) is 0. The molecule has 0 saturated heterocycles. The number of rotatable bonds is 2. The maximum Gasteiger partial charge on any atom is 0.127 e. The summed E-state index contributed by atoms with van der Waals surface area (Å²) in [5.41, 5.74) is -1.05. The van der Waals surface area contributed by atoms with Crippen LogP contribution in [0.3, 0.4) is 0 Å². The molecular weight excluding hydrogens is 160 g/mol. The maximum absolute atomic E-state index is 9.98. The van der Waals surface area contributed by atoms with Crippen molar-refractivity contribution < 1.29 is 5.11 Å². The molecule has 0 aliphatic heterocycles. The highest BCUT2D eigenvalue weighted by Gasteiger charge is 2.33. The molecule has 1 nitrogen and oxygen atoms in total. The fourth-order valence-corrected chi connectivity index (χ4v) is 0.687. The van der Waals surface area contributed by atoms with Crippen molar-refractivity contribution in [1.29, 1.82) is 0 Å². The number of unbranched alkanes of at least 4 members (excludes halogenated alkanes) is 2. The van der Waals surface area contributed by atoms with E-state index in [9.17, 15) is 5.11 Å². The quantitative estimate of drug-likeness (QED) is 0.514. The van der Waals surface area contributed by atoms with Gasteiger partial charge in [-0.3, -0.25) is 0 Å². The van der Waals surface area contributed by atoms with Gasteiger partial charge in [0, 0.05) is 11.8 Å². The molecule has 0 aromatic carbocycles. The largest absolute Gasteiger partial charge is 0.377 e. The molecule has 0 spiro atoms. The van der Waals surface area contributed by atoms with Crippen molar-refractivity contribution in [1.82, 2.24) is 0 Å². The van der Waals surface area contributed by atoms with E-state index in [1.807, 2.05) is 20.8 Å². The third kappa shape index (κ3) is 4.33. The van der Waals surface area contributed by atoms with E-state index in [-0.39, 0.29) is 5.41 Å². The summed E-state index contributed by atoms with van der Waals surface area (Å²) in [7, 11) is 0. The molecule has 0 saturated carbocycles. The van der Waals surface area contributed by atoms with Crippen LogP contribution < -0.4 is 0 Å². The highest BCUT2D eigenvalue weighted by molar-refractivity contribution is 5.15. The highest BCUT2D eigenvalue weighted by atomic mass is 16.3. The first-order valence-electron chi connectivity index (χ1n) is 5.03. The van der Waals surface area contributed by atoms with E-state index in [1.54, 1.807) is 6.92 Å². The lowest BCUT2D eigenvalue weighted by Gasteiger charge is -2.32. The smallest absolute Gasteiger partial charge is 0.127 e. The third-order valence-electron chi connectivity index (χ3n) is 2.45. The molecule has 0 amide bonds. The SMILES string of the molecule is CCCCC#C[C@@](C)(O)C(C)(C)C. The summed E-state index contributed by atoms with van der Waals surface area (Å²) < 4.78 is 0. The average Bonchev–Trinajstić information content (AvgIpc) is 1.96. The van der Waals surface area contributed by atoms with Crippen LogP contribution >= 0.6 is 0 Å². The molecule has 0 fully saturated rings. The van der Waals surface area contributed by atoms with E-state index in [0.29, 0.717) is 0 Å². The van der Waals surface area contributed by atoms with Crippen molar-refractivity contribution in [2.45, 2.75) is 59.5 Å². The lowest BCUT2D eigenvalue weighted by Crippen LogP contribution is -2.38. The summed E-state index contributed by atoms with van der Waals surface area (Å²) in [5, 5.41) is 9.98. The third-order valence-corrected chi connectivity index (χ3v) is 2.45. The molecule has 13 heavy (non-hydrogen) atoms. The normalized spacial score (nSPS) is 15.8. The van der Waals surface area contributed by atoms with Crippen LogP contribution in [0.1, 0.15) is 53.9 Å². The van der Waals surface area contributed by atoms with Gasteiger partial charge in [0.15, 0.2) is 0 Å². The minimum absolute atomic E-state index is 0.174. The summed E-state index contributed by atoms with van der Waals surface area (Å²) in [6.07, 6.45) is 3.17. The Morgan fingerprint density at radius 3 is 2.08 bits per heavy atom. The van der Waals surface area contributed by atoms with Crippen molar-refractivity contribution in [2.24, 2.45) is 5.41 Å². The van der Waals surface area contributed by atoms with Crippen molar-refractivity contribution in [3.05, 3.63) is 0 Å². The molecule has 0 unspecified atom stereocenters. The summed E-state index contributed by atoms with van der Waals surface area (Å²) in [4.78, 5) is 0. The predicted molar refractivity (Wildman–Crippen MR) is 57.4 cm³/mol. The molecule has 0 aliphatic carbocycles. The van der Waals surface area contributed by atoms with Crippen LogP contribution in [-0.4, -0.2) is 10.7 Å². The molecule has 1 N–H and O–H groups in total. The second-order valence-corrected chi connectivity index (χ2v) is 4.73. The van der Waals surface area contributed by atoms with Gasteiger partial charge in [0.2, 0.25) is 0 Å². The molecular formula is C12H22O. The predicted octanol–water partition coefficient (Wildman–Crippen LogP) is 2.98. The van der Waals surface area contributed by atoms with Crippen molar-refractivity contribution in [2.75, 3.05) is 0 Å². The van der Waals surface area contributed by atoms with Crippen LogP contribution in [-0.2, 0) is 0 Å². The Bertz CT molecular complexity index is 197. The minimum atomic E-state index is -0.874. The average molecular weight is 182 g/mol. The van der Waals surface area contributed by atoms with Gasteiger partial charge in [-0.05, 0) is 13.3 Å². The Labute approximate surface area is 82.5 Å². The van der Waals surface area contributed by atoms with Gasteiger partial charge in [0.05, 0.1) is 0 Å². The zero-order valence-electron chi connectivity index (χ0n) is 9.57. The van der Waals surface area contributed by atoms with E-state index < -0.39 is 5.60 Å². The van der Waals surface area contributed by atoms with Gasteiger partial charge in [-0.1, -0.05) is 40.0 Å². The maximum atomic E-state index is 9.98. The molecule has 0 aromatic rings. The number of hydrogen-bond donors (Lipinski definition) is 1. The second-order valence-electron chi connectivity index (χ2n) is 4.73. The van der Waals surface area contributed by atoms with Crippen LogP contribution in [0.25, 0.3) is 0 Å². The Kier molecular flexibility index (Phi) is 4.50. The fourth-order valence-electron chi connectivity index (χ4n) is 0.687. The highest BCUT2D eigenvalue weighted by Crippen LogP contribution is 2.28. The topological polar surface area (TPSA) is 20.2 Å². The van der Waals surface area contributed by atoms with Gasteiger partial charge in [-0.2, -0.15) is 0 Å². The Morgan fingerprint density at radius 2 is 1.69 bits per heavy atom. The first-order valence-corrected chi connectivity index (χ1v) is 5.03. The van der Waals surface area contributed by atoms with Crippen LogP contribution in [0.4, 0.5) is 0 Å². The number of aliphatic hydroxyl groups is 1. The van der Waals surface area contributed by atoms with Crippen LogP contribution in [0, 0.1) is 17.3 Å². The van der Waals surface area contributed by atoms with E-state index >= 15 is 0 Å². The van der Waals surface area contributed by atoms with Crippen molar-refractivity contribution in [3.63, 3.8) is 0 Å². The Balaban J connectivity index is 4.21. The van der Waals surface area contributed by atoms with Crippen LogP contribution in [0.5, 0.6) is 0 Å². The summed E-state index contributed by atoms with van der Waals surface area (Å²) >= 11 is 0. The molecule has 0 bridgehead atoms. The zero-order valence-corrected chi connectivity index (χ0v) is 9.57. The Hall–Kier alpha value is -0.480. The first kappa shape index (κ1) is 12.5. The van der Waals surface area contributed by atoms with E-state index in [4.69, 9.17) is 0 Å². The molecule has 0 rings (SSSR count). The lowest BCUT2D eigenvalue weighted by molar-refractivity contribution is 0.0128. The van der Waals surface area contributed by atoms with Gasteiger partial charge in [0.25, 0.3) is 0 Å². The van der Waals surface area contributed by atoms with Gasteiger partial charge >= 0.3 is 0 Å². The van der Waals surface area contributed by atoms with Crippen LogP contribution in [0.15, 0.2) is 0 Å².